The average Bonchev–Trinajstić information content (AvgIpc) is 2.48. The number of thiophene rings is 1. The van der Waals surface area contributed by atoms with Crippen molar-refractivity contribution in [2.45, 2.75) is 9.54 Å². The maximum atomic E-state index is 4.38. The number of hydrogen-bond acceptors (Lipinski definition) is 2. The number of benzene rings is 1. The maximum Gasteiger partial charge on any atom is 0.0581 e. The largest absolute Gasteiger partial charge is 0.133 e. The Morgan fingerprint density at radius 3 is 2.92 bits per heavy atom. The van der Waals surface area contributed by atoms with Crippen molar-refractivity contribution in [3.05, 3.63) is 27.3 Å². The van der Waals surface area contributed by atoms with E-state index in [1.807, 2.05) is 0 Å². The van der Waals surface area contributed by atoms with Crippen molar-refractivity contribution >= 4 is 72.6 Å². The summed E-state index contributed by atoms with van der Waals surface area (Å²) in [5, 5.41) is 2.24. The molecule has 68 valence electrons. The molecule has 0 atom stereocenters. The lowest BCUT2D eigenvalue weighted by atomic mass is 10.2. The lowest BCUT2D eigenvalue weighted by Gasteiger charge is -1.99. The highest BCUT2D eigenvalue weighted by Gasteiger charge is 2.06. The molecule has 0 bridgehead atoms. The molecule has 1 aromatic heterocycles. The molecular formula is C9H6BrIS2. The first-order valence-electron chi connectivity index (χ1n) is 3.68. The SMILES string of the molecule is Sc1cc2c(I)ccc(CBr)c2s1. The molecule has 1 aromatic carbocycles. The highest BCUT2D eigenvalue weighted by atomic mass is 127. The van der Waals surface area contributed by atoms with Crippen molar-refractivity contribution in [2.75, 3.05) is 0 Å². The standard InChI is InChI=1S/C9H6BrIS2/c10-4-5-1-2-7(11)6-3-8(12)13-9(5)6/h1-3,12H,4H2. The van der Waals surface area contributed by atoms with Crippen molar-refractivity contribution in [2.24, 2.45) is 0 Å². The number of hydrogen-bond donors (Lipinski definition) is 1. The minimum atomic E-state index is 0.911. The zero-order valence-electron chi connectivity index (χ0n) is 6.55. The Bertz CT molecular complexity index is 450. The summed E-state index contributed by atoms with van der Waals surface area (Å²) in [6.07, 6.45) is 0. The Labute approximate surface area is 108 Å². The molecule has 0 saturated carbocycles. The smallest absolute Gasteiger partial charge is 0.0581 e. The van der Waals surface area contributed by atoms with E-state index in [-0.39, 0.29) is 0 Å². The zero-order chi connectivity index (χ0) is 9.42. The van der Waals surface area contributed by atoms with Crippen LogP contribution in [0.25, 0.3) is 10.1 Å². The third kappa shape index (κ3) is 1.91. The van der Waals surface area contributed by atoms with Gasteiger partial charge in [-0.25, -0.2) is 0 Å². The van der Waals surface area contributed by atoms with Gasteiger partial charge in [-0.3, -0.25) is 0 Å². The summed E-state index contributed by atoms with van der Waals surface area (Å²) in [6, 6.07) is 6.46. The fourth-order valence-corrected chi connectivity index (χ4v) is 4.02. The van der Waals surface area contributed by atoms with E-state index in [1.54, 1.807) is 11.3 Å². The lowest BCUT2D eigenvalue weighted by Crippen LogP contribution is -1.79. The zero-order valence-corrected chi connectivity index (χ0v) is 12.0. The summed E-state index contributed by atoms with van der Waals surface area (Å²) in [5.41, 5.74) is 1.35. The summed E-state index contributed by atoms with van der Waals surface area (Å²) in [5.74, 6) is 0. The second-order valence-corrected chi connectivity index (χ2v) is 6.23. The van der Waals surface area contributed by atoms with Gasteiger partial charge < -0.3 is 0 Å². The topological polar surface area (TPSA) is 0 Å². The number of halogens is 2. The van der Waals surface area contributed by atoms with Crippen LogP contribution < -0.4 is 0 Å². The highest BCUT2D eigenvalue weighted by Crippen LogP contribution is 2.34. The number of rotatable bonds is 1. The molecule has 0 unspecified atom stereocenters. The fourth-order valence-electron chi connectivity index (χ4n) is 1.24. The molecule has 0 amide bonds. The van der Waals surface area contributed by atoms with Crippen molar-refractivity contribution < 1.29 is 0 Å². The van der Waals surface area contributed by atoms with E-state index in [4.69, 9.17) is 0 Å². The van der Waals surface area contributed by atoms with Gasteiger partial charge in [0.2, 0.25) is 0 Å². The van der Waals surface area contributed by atoms with Gasteiger partial charge in [0.15, 0.2) is 0 Å². The second kappa shape index (κ2) is 4.08. The third-order valence-electron chi connectivity index (χ3n) is 1.84. The Kier molecular flexibility index (Phi) is 3.22. The molecule has 0 spiro atoms. The Morgan fingerprint density at radius 2 is 2.23 bits per heavy atom. The summed E-state index contributed by atoms with van der Waals surface area (Å²) in [7, 11) is 0. The molecule has 2 rings (SSSR count). The van der Waals surface area contributed by atoms with Crippen molar-refractivity contribution in [1.29, 1.82) is 0 Å². The molecule has 0 N–H and O–H groups in total. The predicted molar refractivity (Wildman–Crippen MR) is 74.4 cm³/mol. The highest BCUT2D eigenvalue weighted by molar-refractivity contribution is 14.1. The minimum Gasteiger partial charge on any atom is -0.133 e. The first-order chi connectivity index (χ1) is 6.22. The average molecular weight is 385 g/mol. The predicted octanol–water partition coefficient (Wildman–Crippen LogP) is 4.69. The molecule has 0 nitrogen and oxygen atoms in total. The van der Waals surface area contributed by atoms with Crippen LogP contribution in [0.15, 0.2) is 22.4 Å². The van der Waals surface area contributed by atoms with Gasteiger partial charge in [-0.05, 0) is 40.3 Å². The molecule has 0 aliphatic carbocycles. The van der Waals surface area contributed by atoms with Crippen LogP contribution in [-0.4, -0.2) is 0 Å². The van der Waals surface area contributed by atoms with Gasteiger partial charge in [0.1, 0.15) is 0 Å². The summed E-state index contributed by atoms with van der Waals surface area (Å²) in [4.78, 5) is 0. The lowest BCUT2D eigenvalue weighted by molar-refractivity contribution is 1.50. The van der Waals surface area contributed by atoms with Gasteiger partial charge in [-0.2, -0.15) is 0 Å². The summed E-state index contributed by atoms with van der Waals surface area (Å²) >= 11 is 12.0. The molecule has 4 heteroatoms. The Balaban J connectivity index is 2.83. The van der Waals surface area contributed by atoms with Gasteiger partial charge in [-0.1, -0.05) is 22.0 Å². The molecule has 2 aromatic rings. The molecule has 0 aliphatic rings. The molecule has 0 fully saturated rings. The molecule has 0 radical (unpaired) electrons. The van der Waals surface area contributed by atoms with Gasteiger partial charge in [-0.15, -0.1) is 24.0 Å². The van der Waals surface area contributed by atoms with E-state index >= 15 is 0 Å². The fraction of sp³-hybridized carbons (Fsp3) is 0.111. The monoisotopic (exact) mass is 384 g/mol. The number of thiol groups is 1. The van der Waals surface area contributed by atoms with Crippen LogP contribution in [0.5, 0.6) is 0 Å². The maximum absolute atomic E-state index is 4.38. The van der Waals surface area contributed by atoms with Crippen molar-refractivity contribution in [3.63, 3.8) is 0 Å². The molecule has 1 heterocycles. The van der Waals surface area contributed by atoms with Crippen molar-refractivity contribution in [3.8, 4) is 0 Å². The van der Waals surface area contributed by atoms with E-state index < -0.39 is 0 Å². The third-order valence-corrected chi connectivity index (χ3v) is 4.80. The van der Waals surface area contributed by atoms with Crippen LogP contribution in [-0.2, 0) is 5.33 Å². The molecular weight excluding hydrogens is 379 g/mol. The summed E-state index contributed by atoms with van der Waals surface area (Å²) in [6.45, 7) is 0. The van der Waals surface area contributed by atoms with E-state index in [2.05, 4.69) is 69.3 Å². The van der Waals surface area contributed by atoms with E-state index in [0.717, 1.165) is 9.54 Å². The van der Waals surface area contributed by atoms with Crippen LogP contribution in [0, 0.1) is 3.57 Å². The van der Waals surface area contributed by atoms with Crippen LogP contribution in [0.3, 0.4) is 0 Å². The van der Waals surface area contributed by atoms with Gasteiger partial charge in [0.25, 0.3) is 0 Å². The van der Waals surface area contributed by atoms with Crippen molar-refractivity contribution in [1.82, 2.24) is 0 Å². The van der Waals surface area contributed by atoms with E-state index in [9.17, 15) is 0 Å². The minimum absolute atomic E-state index is 0.911. The quantitative estimate of drug-likeness (QED) is 0.411. The molecule has 0 aliphatic heterocycles. The number of alkyl halides is 1. The van der Waals surface area contributed by atoms with Crippen LogP contribution in [0.2, 0.25) is 0 Å². The van der Waals surface area contributed by atoms with Gasteiger partial charge in [0.05, 0.1) is 4.21 Å². The van der Waals surface area contributed by atoms with Crippen LogP contribution >= 0.6 is 62.5 Å². The Hall–Kier alpha value is 0.740. The summed E-state index contributed by atoms with van der Waals surface area (Å²) < 4.78 is 3.74. The van der Waals surface area contributed by atoms with Gasteiger partial charge >= 0.3 is 0 Å². The van der Waals surface area contributed by atoms with E-state index in [0.29, 0.717) is 0 Å². The first kappa shape index (κ1) is 10.3. The van der Waals surface area contributed by atoms with E-state index in [1.165, 1.54) is 19.2 Å². The normalized spacial score (nSPS) is 11.0. The second-order valence-electron chi connectivity index (χ2n) is 2.67. The van der Waals surface area contributed by atoms with Gasteiger partial charge in [0, 0.05) is 19.0 Å². The molecule has 13 heavy (non-hydrogen) atoms. The number of fused-ring (bicyclic) bond motifs is 1. The van der Waals surface area contributed by atoms with Crippen LogP contribution in [0.1, 0.15) is 5.56 Å². The first-order valence-corrected chi connectivity index (χ1v) is 7.14. The van der Waals surface area contributed by atoms with Crippen LogP contribution in [0.4, 0.5) is 0 Å². The Morgan fingerprint density at radius 1 is 1.46 bits per heavy atom. The molecule has 0 saturated heterocycles.